The van der Waals surface area contributed by atoms with Crippen LogP contribution in [0.25, 0.3) is 0 Å². The van der Waals surface area contributed by atoms with Gasteiger partial charge in [-0.3, -0.25) is 4.57 Å². The van der Waals surface area contributed by atoms with Crippen LogP contribution in [0.2, 0.25) is 0 Å². The third-order valence-electron chi connectivity index (χ3n) is 2.31. The van der Waals surface area contributed by atoms with Crippen LogP contribution in [0.5, 0.6) is 0 Å². The Morgan fingerprint density at radius 1 is 1.20 bits per heavy atom. The molecule has 1 aliphatic rings. The third kappa shape index (κ3) is 2.83. The van der Waals surface area contributed by atoms with Gasteiger partial charge in [0.1, 0.15) is 5.76 Å². The van der Waals surface area contributed by atoms with Crippen molar-refractivity contribution in [3.05, 3.63) is 11.1 Å². The van der Waals surface area contributed by atoms with Crippen LogP contribution in [0.1, 0.15) is 33.1 Å². The van der Waals surface area contributed by atoms with Crippen molar-refractivity contribution in [2.75, 3.05) is 20.3 Å². The summed E-state index contributed by atoms with van der Waals surface area (Å²) in [5.74, 6) is 0.778. The molecule has 0 N–H and O–H groups in total. The lowest BCUT2D eigenvalue weighted by molar-refractivity contribution is 0.222. The molecule has 0 aromatic rings. The second-order valence-electron chi connectivity index (χ2n) is 3.26. The van der Waals surface area contributed by atoms with E-state index in [2.05, 4.69) is 0 Å². The number of hydrogen-bond donors (Lipinski definition) is 0. The van der Waals surface area contributed by atoms with Gasteiger partial charge >= 0.3 is 7.60 Å². The Bertz CT molecular complexity index is 275. The zero-order chi connectivity index (χ0) is 11.3. The van der Waals surface area contributed by atoms with Crippen LogP contribution < -0.4 is 0 Å². The van der Waals surface area contributed by atoms with Gasteiger partial charge in [0.25, 0.3) is 0 Å². The maximum Gasteiger partial charge on any atom is 0.360 e. The van der Waals surface area contributed by atoms with Gasteiger partial charge in [-0.05, 0) is 26.7 Å². The van der Waals surface area contributed by atoms with E-state index in [1.54, 1.807) is 7.11 Å². The maximum absolute atomic E-state index is 12.4. The van der Waals surface area contributed by atoms with E-state index in [4.69, 9.17) is 13.8 Å². The highest BCUT2D eigenvalue weighted by Gasteiger charge is 2.35. The molecule has 0 saturated carbocycles. The molecule has 0 radical (unpaired) electrons. The fourth-order valence-electron chi connectivity index (χ4n) is 1.74. The first-order valence-electron chi connectivity index (χ1n) is 5.33. The van der Waals surface area contributed by atoms with E-state index < -0.39 is 7.60 Å². The van der Waals surface area contributed by atoms with Gasteiger partial charge in [0.2, 0.25) is 0 Å². The first-order valence-corrected chi connectivity index (χ1v) is 6.88. The number of methoxy groups -OCH3 is 1. The predicted octanol–water partition coefficient (Wildman–Crippen LogP) is 3.29. The van der Waals surface area contributed by atoms with E-state index in [1.165, 1.54) is 0 Å². The molecule has 0 aliphatic heterocycles. The van der Waals surface area contributed by atoms with E-state index in [-0.39, 0.29) is 0 Å². The minimum atomic E-state index is -3.09. The second-order valence-corrected chi connectivity index (χ2v) is 5.31. The monoisotopic (exact) mass is 234 g/mol. The largest absolute Gasteiger partial charge is 0.500 e. The van der Waals surface area contributed by atoms with Crippen LogP contribution in [0.15, 0.2) is 11.1 Å². The highest BCUT2D eigenvalue weighted by atomic mass is 31.2. The molecular formula is C10H19O4P. The zero-order valence-corrected chi connectivity index (χ0v) is 10.5. The number of ether oxygens (including phenoxy) is 1. The summed E-state index contributed by atoms with van der Waals surface area (Å²) in [7, 11) is -1.48. The molecular weight excluding hydrogens is 215 g/mol. The average molecular weight is 234 g/mol. The summed E-state index contributed by atoms with van der Waals surface area (Å²) in [6.07, 6.45) is 2.54. The molecule has 1 aliphatic carbocycles. The van der Waals surface area contributed by atoms with Crippen molar-refractivity contribution < 1.29 is 18.3 Å². The molecule has 0 bridgehead atoms. The second kappa shape index (κ2) is 5.69. The molecule has 0 saturated heterocycles. The molecule has 5 heteroatoms. The normalized spacial score (nSPS) is 17.3. The van der Waals surface area contributed by atoms with E-state index in [9.17, 15) is 4.57 Å². The van der Waals surface area contributed by atoms with Gasteiger partial charge in [-0.2, -0.15) is 0 Å². The maximum atomic E-state index is 12.4. The molecule has 1 rings (SSSR count). The molecule has 0 heterocycles. The van der Waals surface area contributed by atoms with E-state index in [0.717, 1.165) is 30.3 Å². The van der Waals surface area contributed by atoms with Gasteiger partial charge in [-0.15, -0.1) is 0 Å². The quantitative estimate of drug-likeness (QED) is 0.661. The lowest BCUT2D eigenvalue weighted by Gasteiger charge is -2.19. The van der Waals surface area contributed by atoms with Gasteiger partial charge in [-0.25, -0.2) is 0 Å². The molecule has 4 nitrogen and oxygen atoms in total. The lowest BCUT2D eigenvalue weighted by Crippen LogP contribution is -1.99. The number of rotatable bonds is 6. The zero-order valence-electron chi connectivity index (χ0n) is 9.62. The standard InChI is InChI=1S/C10H19O4P/c1-4-13-15(11,14-5-2)10-8-6-7-9(10)12-3/h4-8H2,1-3H3. The summed E-state index contributed by atoms with van der Waals surface area (Å²) in [6.45, 7) is 4.40. The van der Waals surface area contributed by atoms with E-state index >= 15 is 0 Å². The van der Waals surface area contributed by atoms with Crippen LogP contribution in [-0.4, -0.2) is 20.3 Å². The van der Waals surface area contributed by atoms with Gasteiger partial charge in [0.05, 0.1) is 25.6 Å². The summed E-state index contributed by atoms with van der Waals surface area (Å²) >= 11 is 0. The molecule has 0 aromatic carbocycles. The number of hydrogen-bond acceptors (Lipinski definition) is 4. The minimum absolute atomic E-state index is 0.387. The minimum Gasteiger partial charge on any atom is -0.500 e. The summed E-state index contributed by atoms with van der Waals surface area (Å²) in [5, 5.41) is 0.730. The Morgan fingerprint density at radius 2 is 1.80 bits per heavy atom. The van der Waals surface area contributed by atoms with Crippen molar-refractivity contribution in [3.63, 3.8) is 0 Å². The Balaban J connectivity index is 2.92. The van der Waals surface area contributed by atoms with Crippen molar-refractivity contribution in [2.24, 2.45) is 0 Å². The van der Waals surface area contributed by atoms with Crippen molar-refractivity contribution in [3.8, 4) is 0 Å². The van der Waals surface area contributed by atoms with Crippen LogP contribution in [0, 0.1) is 0 Å². The first-order chi connectivity index (χ1) is 7.18. The fourth-order valence-corrected chi connectivity index (χ4v) is 3.75. The lowest BCUT2D eigenvalue weighted by atomic mass is 10.4. The molecule has 0 spiro atoms. The molecule has 0 unspecified atom stereocenters. The van der Waals surface area contributed by atoms with Gasteiger partial charge in [0, 0.05) is 6.42 Å². The Kier molecular flexibility index (Phi) is 4.84. The van der Waals surface area contributed by atoms with Gasteiger partial charge in [0.15, 0.2) is 0 Å². The fraction of sp³-hybridized carbons (Fsp3) is 0.800. The van der Waals surface area contributed by atoms with Gasteiger partial charge in [-0.1, -0.05) is 0 Å². The Labute approximate surface area is 91.1 Å². The van der Waals surface area contributed by atoms with Crippen molar-refractivity contribution in [1.82, 2.24) is 0 Å². The highest BCUT2D eigenvalue weighted by molar-refractivity contribution is 7.58. The van der Waals surface area contributed by atoms with Crippen LogP contribution in [-0.2, 0) is 18.3 Å². The summed E-state index contributed by atoms with van der Waals surface area (Å²) in [6, 6.07) is 0. The SMILES string of the molecule is CCOP(=O)(OCC)C1=C(OC)CCC1. The predicted molar refractivity (Wildman–Crippen MR) is 58.7 cm³/mol. The molecule has 0 amide bonds. The average Bonchev–Trinajstić information content (AvgIpc) is 2.66. The van der Waals surface area contributed by atoms with Crippen molar-refractivity contribution >= 4 is 7.60 Å². The van der Waals surface area contributed by atoms with E-state index in [0.29, 0.717) is 13.2 Å². The molecule has 0 aromatic heterocycles. The third-order valence-corrected chi connectivity index (χ3v) is 4.64. The molecule has 15 heavy (non-hydrogen) atoms. The van der Waals surface area contributed by atoms with Crippen LogP contribution >= 0.6 is 7.60 Å². The highest BCUT2D eigenvalue weighted by Crippen LogP contribution is 2.61. The number of allylic oxidation sites excluding steroid dienone is 2. The van der Waals surface area contributed by atoms with Crippen molar-refractivity contribution in [2.45, 2.75) is 33.1 Å². The summed E-state index contributed by atoms with van der Waals surface area (Å²) < 4.78 is 28.2. The van der Waals surface area contributed by atoms with Crippen LogP contribution in [0.3, 0.4) is 0 Å². The Hall–Kier alpha value is -0.310. The molecule has 0 fully saturated rings. The van der Waals surface area contributed by atoms with Gasteiger partial charge < -0.3 is 13.8 Å². The summed E-state index contributed by atoms with van der Waals surface area (Å²) in [5.41, 5.74) is 0. The summed E-state index contributed by atoms with van der Waals surface area (Å²) in [4.78, 5) is 0. The van der Waals surface area contributed by atoms with E-state index in [1.807, 2.05) is 13.8 Å². The first kappa shape index (κ1) is 12.8. The van der Waals surface area contributed by atoms with Crippen molar-refractivity contribution in [1.29, 1.82) is 0 Å². The topological polar surface area (TPSA) is 44.8 Å². The Morgan fingerprint density at radius 3 is 2.27 bits per heavy atom. The smallest absolute Gasteiger partial charge is 0.360 e. The molecule has 88 valence electrons. The molecule has 0 atom stereocenters. The van der Waals surface area contributed by atoms with Crippen LogP contribution in [0.4, 0.5) is 0 Å².